The molecule has 0 saturated carbocycles. The molecule has 0 aliphatic carbocycles. The van der Waals surface area contributed by atoms with E-state index in [0.29, 0.717) is 5.92 Å². The SMILES string of the molecule is COCCNCCc1c(C)nn(CCOCC(C)C)c1C. The van der Waals surface area contributed by atoms with Crippen molar-refractivity contribution in [2.75, 3.05) is 40.0 Å². The Bertz CT molecular complexity index is 402. The number of nitrogens with one attached hydrogen (secondary N) is 1. The van der Waals surface area contributed by atoms with Gasteiger partial charge in [-0.25, -0.2) is 0 Å². The molecule has 5 nitrogen and oxygen atoms in total. The molecule has 1 rings (SSSR count). The van der Waals surface area contributed by atoms with E-state index < -0.39 is 0 Å². The van der Waals surface area contributed by atoms with Gasteiger partial charge in [0.1, 0.15) is 0 Å². The van der Waals surface area contributed by atoms with Gasteiger partial charge in [-0.3, -0.25) is 4.68 Å². The van der Waals surface area contributed by atoms with Crippen LogP contribution in [0.1, 0.15) is 30.8 Å². The quantitative estimate of drug-likeness (QED) is 0.634. The van der Waals surface area contributed by atoms with E-state index in [1.165, 1.54) is 11.3 Å². The van der Waals surface area contributed by atoms with E-state index in [9.17, 15) is 0 Å². The van der Waals surface area contributed by atoms with Crippen molar-refractivity contribution in [1.82, 2.24) is 15.1 Å². The fraction of sp³-hybridized carbons (Fsp3) is 0.812. The molecule has 1 aromatic heterocycles. The first-order chi connectivity index (χ1) is 10.1. The molecule has 0 bridgehead atoms. The van der Waals surface area contributed by atoms with Crippen molar-refractivity contribution in [2.24, 2.45) is 5.92 Å². The second kappa shape index (κ2) is 9.92. The van der Waals surface area contributed by atoms with Gasteiger partial charge in [0.15, 0.2) is 0 Å². The molecule has 0 spiro atoms. The second-order valence-corrected chi connectivity index (χ2v) is 5.83. The van der Waals surface area contributed by atoms with Crippen LogP contribution >= 0.6 is 0 Å². The molecule has 0 aliphatic rings. The van der Waals surface area contributed by atoms with Crippen LogP contribution in [0.2, 0.25) is 0 Å². The third kappa shape index (κ3) is 6.59. The van der Waals surface area contributed by atoms with Crippen molar-refractivity contribution in [3.8, 4) is 0 Å². The van der Waals surface area contributed by atoms with Gasteiger partial charge >= 0.3 is 0 Å². The first kappa shape index (κ1) is 18.1. The molecule has 1 heterocycles. The second-order valence-electron chi connectivity index (χ2n) is 5.83. The minimum absolute atomic E-state index is 0.583. The van der Waals surface area contributed by atoms with Gasteiger partial charge in [-0.15, -0.1) is 0 Å². The normalized spacial score (nSPS) is 11.5. The van der Waals surface area contributed by atoms with Gasteiger partial charge in [0.2, 0.25) is 0 Å². The molecule has 21 heavy (non-hydrogen) atoms. The number of nitrogens with zero attached hydrogens (tertiary/aromatic N) is 2. The lowest BCUT2D eigenvalue weighted by Crippen LogP contribution is -2.22. The maximum Gasteiger partial charge on any atom is 0.0662 e. The highest BCUT2D eigenvalue weighted by Crippen LogP contribution is 2.13. The summed E-state index contributed by atoms with van der Waals surface area (Å²) in [5.74, 6) is 0.583. The monoisotopic (exact) mass is 297 g/mol. The summed E-state index contributed by atoms with van der Waals surface area (Å²) in [5, 5.41) is 8.00. The summed E-state index contributed by atoms with van der Waals surface area (Å²) in [5.41, 5.74) is 3.74. The standard InChI is InChI=1S/C16H31N3O2/c1-13(2)12-21-11-9-19-15(4)16(14(3)18-19)6-7-17-8-10-20-5/h13,17H,6-12H2,1-5H3. The number of aromatic nitrogens is 2. The third-order valence-corrected chi connectivity index (χ3v) is 3.46. The van der Waals surface area contributed by atoms with Crippen molar-refractivity contribution >= 4 is 0 Å². The van der Waals surface area contributed by atoms with Crippen molar-refractivity contribution in [2.45, 2.75) is 40.7 Å². The molecule has 1 aromatic rings. The molecule has 0 unspecified atom stereocenters. The molecule has 0 radical (unpaired) electrons. The van der Waals surface area contributed by atoms with Gasteiger partial charge in [-0.2, -0.15) is 5.10 Å². The van der Waals surface area contributed by atoms with Gasteiger partial charge in [0, 0.05) is 26.0 Å². The molecule has 1 N–H and O–H groups in total. The summed E-state index contributed by atoms with van der Waals surface area (Å²) in [6.45, 7) is 13.5. The summed E-state index contributed by atoms with van der Waals surface area (Å²) in [4.78, 5) is 0. The Hall–Kier alpha value is -0.910. The lowest BCUT2D eigenvalue weighted by molar-refractivity contribution is 0.100. The highest BCUT2D eigenvalue weighted by molar-refractivity contribution is 5.24. The van der Waals surface area contributed by atoms with Gasteiger partial charge < -0.3 is 14.8 Å². The van der Waals surface area contributed by atoms with E-state index >= 15 is 0 Å². The molecule has 0 atom stereocenters. The number of ether oxygens (including phenoxy) is 2. The number of hydrogen-bond donors (Lipinski definition) is 1. The van der Waals surface area contributed by atoms with Crippen LogP contribution < -0.4 is 5.32 Å². The number of aryl methyl sites for hydroxylation is 1. The summed E-state index contributed by atoms with van der Waals surface area (Å²) in [6, 6.07) is 0. The van der Waals surface area contributed by atoms with Gasteiger partial charge in [0.05, 0.1) is 25.5 Å². The van der Waals surface area contributed by atoms with E-state index in [-0.39, 0.29) is 0 Å². The van der Waals surface area contributed by atoms with Crippen LogP contribution in [0.25, 0.3) is 0 Å². The van der Waals surface area contributed by atoms with Crippen LogP contribution in [0.15, 0.2) is 0 Å². The molecule has 0 fully saturated rings. The van der Waals surface area contributed by atoms with Gasteiger partial charge in [-0.05, 0) is 38.3 Å². The Kier molecular flexibility index (Phi) is 8.57. The van der Waals surface area contributed by atoms with Crippen LogP contribution in [0.4, 0.5) is 0 Å². The van der Waals surface area contributed by atoms with E-state index in [1.54, 1.807) is 7.11 Å². The lowest BCUT2D eigenvalue weighted by Gasteiger charge is -2.09. The number of rotatable bonds is 11. The predicted molar refractivity (Wildman–Crippen MR) is 85.8 cm³/mol. The summed E-state index contributed by atoms with van der Waals surface area (Å²) in [7, 11) is 1.72. The predicted octanol–water partition coefficient (Wildman–Crippen LogP) is 1.95. The minimum Gasteiger partial charge on any atom is -0.383 e. The largest absolute Gasteiger partial charge is 0.383 e. The highest BCUT2D eigenvalue weighted by atomic mass is 16.5. The zero-order valence-electron chi connectivity index (χ0n) is 14.2. The maximum absolute atomic E-state index is 5.64. The minimum atomic E-state index is 0.583. The van der Waals surface area contributed by atoms with Crippen LogP contribution in [-0.2, 0) is 22.4 Å². The van der Waals surface area contributed by atoms with Crippen molar-refractivity contribution in [3.05, 3.63) is 17.0 Å². The fourth-order valence-corrected chi connectivity index (χ4v) is 2.30. The van der Waals surface area contributed by atoms with E-state index in [4.69, 9.17) is 9.47 Å². The average molecular weight is 297 g/mol. The molecule has 0 aliphatic heterocycles. The van der Waals surface area contributed by atoms with Gasteiger partial charge in [-0.1, -0.05) is 13.8 Å². The third-order valence-electron chi connectivity index (χ3n) is 3.46. The number of hydrogen-bond acceptors (Lipinski definition) is 4. The first-order valence-electron chi connectivity index (χ1n) is 7.86. The van der Waals surface area contributed by atoms with E-state index in [1.807, 2.05) is 0 Å². The van der Waals surface area contributed by atoms with Crippen molar-refractivity contribution in [1.29, 1.82) is 0 Å². The zero-order valence-corrected chi connectivity index (χ0v) is 14.2. The molecule has 0 amide bonds. The van der Waals surface area contributed by atoms with Gasteiger partial charge in [0.25, 0.3) is 0 Å². The Morgan fingerprint density at radius 2 is 1.95 bits per heavy atom. The molecular formula is C16H31N3O2. The first-order valence-corrected chi connectivity index (χ1v) is 7.86. The zero-order chi connectivity index (χ0) is 15.7. The van der Waals surface area contributed by atoms with Crippen LogP contribution in [0.5, 0.6) is 0 Å². The summed E-state index contributed by atoms with van der Waals surface area (Å²) >= 11 is 0. The fourth-order valence-electron chi connectivity index (χ4n) is 2.30. The van der Waals surface area contributed by atoms with Crippen LogP contribution in [-0.4, -0.2) is 49.8 Å². The molecule has 0 saturated heterocycles. The summed E-state index contributed by atoms with van der Waals surface area (Å²) in [6.07, 6.45) is 1.01. The molecule has 5 heteroatoms. The van der Waals surface area contributed by atoms with E-state index in [0.717, 1.165) is 51.6 Å². The van der Waals surface area contributed by atoms with Crippen LogP contribution in [0, 0.1) is 19.8 Å². The smallest absolute Gasteiger partial charge is 0.0662 e. The summed E-state index contributed by atoms with van der Waals surface area (Å²) < 4.78 is 12.7. The topological polar surface area (TPSA) is 48.3 Å². The molecular weight excluding hydrogens is 266 g/mol. The number of methoxy groups -OCH3 is 1. The Morgan fingerprint density at radius 3 is 2.62 bits per heavy atom. The van der Waals surface area contributed by atoms with Crippen molar-refractivity contribution in [3.63, 3.8) is 0 Å². The van der Waals surface area contributed by atoms with Crippen molar-refractivity contribution < 1.29 is 9.47 Å². The highest BCUT2D eigenvalue weighted by Gasteiger charge is 2.10. The molecule has 0 aromatic carbocycles. The van der Waals surface area contributed by atoms with Crippen LogP contribution in [0.3, 0.4) is 0 Å². The molecule has 122 valence electrons. The Labute approximate surface area is 129 Å². The average Bonchev–Trinajstić information content (AvgIpc) is 2.70. The lowest BCUT2D eigenvalue weighted by atomic mass is 10.1. The van der Waals surface area contributed by atoms with E-state index in [2.05, 4.69) is 42.8 Å². The maximum atomic E-state index is 5.64. The Morgan fingerprint density at radius 1 is 1.19 bits per heavy atom. The Balaban J connectivity index is 2.40.